The Bertz CT molecular complexity index is 1300. The summed E-state index contributed by atoms with van der Waals surface area (Å²) in [6, 6.07) is 15.1. The van der Waals surface area contributed by atoms with Crippen LogP contribution in [0.4, 0.5) is 0 Å². The number of aromatic nitrogens is 3. The molecule has 0 bridgehead atoms. The van der Waals surface area contributed by atoms with Crippen molar-refractivity contribution >= 4 is 32.8 Å². The van der Waals surface area contributed by atoms with Gasteiger partial charge in [0.15, 0.2) is 14.6 Å². The maximum Gasteiger partial charge on any atom is 0.198 e. The van der Waals surface area contributed by atoms with Gasteiger partial charge in [-0.3, -0.25) is 9.80 Å². The Morgan fingerprint density at radius 3 is 2.52 bits per heavy atom. The lowest BCUT2D eigenvalue weighted by atomic mass is 10.0. The molecule has 3 heterocycles. The average Bonchev–Trinajstić information content (AvgIpc) is 3.28. The summed E-state index contributed by atoms with van der Waals surface area (Å²) in [7, 11) is -0.940. The van der Waals surface area contributed by atoms with E-state index in [9.17, 15) is 8.42 Å². The number of hydrogen-bond donors (Lipinski definition) is 0. The van der Waals surface area contributed by atoms with E-state index < -0.39 is 9.84 Å². The van der Waals surface area contributed by atoms with Crippen LogP contribution >= 0.6 is 12.2 Å². The molecule has 0 radical (unpaired) electrons. The van der Waals surface area contributed by atoms with Gasteiger partial charge < -0.3 is 4.57 Å². The highest BCUT2D eigenvalue weighted by atomic mass is 32.2. The fourth-order valence-corrected chi connectivity index (χ4v) is 7.11. The molecular formula is C24H31N5O2S2. The second-order valence-electron chi connectivity index (χ2n) is 9.40. The van der Waals surface area contributed by atoms with E-state index in [1.165, 1.54) is 16.3 Å². The molecule has 1 atom stereocenters. The van der Waals surface area contributed by atoms with Crippen molar-refractivity contribution in [2.75, 3.05) is 37.7 Å². The molecule has 0 amide bonds. The first kappa shape index (κ1) is 22.7. The van der Waals surface area contributed by atoms with Gasteiger partial charge in [-0.25, -0.2) is 13.1 Å². The second-order valence-corrected chi connectivity index (χ2v) is 12.0. The van der Waals surface area contributed by atoms with Crippen molar-refractivity contribution < 1.29 is 8.42 Å². The first-order valence-electron chi connectivity index (χ1n) is 11.6. The van der Waals surface area contributed by atoms with Gasteiger partial charge in [-0.2, -0.15) is 5.10 Å². The Kier molecular flexibility index (Phi) is 6.39. The maximum atomic E-state index is 11.8. The molecule has 5 rings (SSSR count). The fourth-order valence-electron chi connectivity index (χ4n) is 5.04. The molecule has 3 aromatic rings. The second kappa shape index (κ2) is 9.29. The maximum absolute atomic E-state index is 11.8. The Hall–Kier alpha value is -2.07. The molecule has 2 saturated heterocycles. The number of sulfone groups is 1. The van der Waals surface area contributed by atoms with Crippen LogP contribution in [0.1, 0.15) is 17.8 Å². The van der Waals surface area contributed by atoms with Crippen molar-refractivity contribution in [1.82, 2.24) is 24.1 Å². The molecule has 2 aromatic carbocycles. The third kappa shape index (κ3) is 5.06. The molecule has 9 heteroatoms. The van der Waals surface area contributed by atoms with E-state index in [4.69, 9.17) is 17.3 Å². The first-order chi connectivity index (χ1) is 15.9. The highest BCUT2D eigenvalue weighted by Gasteiger charge is 2.29. The van der Waals surface area contributed by atoms with Gasteiger partial charge in [-0.15, -0.1) is 0 Å². The number of fused-ring (bicyclic) bond motifs is 1. The summed E-state index contributed by atoms with van der Waals surface area (Å²) in [5.41, 5.74) is 1.38. The fraction of sp³-hybridized carbons (Fsp3) is 0.500. The van der Waals surface area contributed by atoms with Gasteiger partial charge >= 0.3 is 0 Å². The van der Waals surface area contributed by atoms with E-state index in [0.29, 0.717) is 23.6 Å². The molecular weight excluding hydrogens is 454 g/mol. The van der Waals surface area contributed by atoms with Gasteiger partial charge in [0.2, 0.25) is 0 Å². The zero-order valence-electron chi connectivity index (χ0n) is 19.1. The predicted octanol–water partition coefficient (Wildman–Crippen LogP) is 2.86. The van der Waals surface area contributed by atoms with Crippen molar-refractivity contribution in [3.8, 4) is 0 Å². The molecule has 176 valence electrons. The third-order valence-electron chi connectivity index (χ3n) is 7.00. The van der Waals surface area contributed by atoms with Crippen LogP contribution in [0.3, 0.4) is 0 Å². The van der Waals surface area contributed by atoms with E-state index in [1.54, 1.807) is 0 Å². The zero-order chi connectivity index (χ0) is 23.0. The number of benzene rings is 2. The Morgan fingerprint density at radius 2 is 1.76 bits per heavy atom. The molecule has 0 saturated carbocycles. The monoisotopic (exact) mass is 485 g/mol. The Morgan fingerprint density at radius 1 is 1.03 bits per heavy atom. The first-order valence-corrected chi connectivity index (χ1v) is 13.9. The van der Waals surface area contributed by atoms with E-state index in [1.807, 2.05) is 16.3 Å². The standard InChI is InChI=1S/C24H31N5O2S2/c1-26-23(15-19-9-14-33(30,31)17-19)25-29(24(26)32)18-28-12-10-27(11-13-28)16-21-7-4-6-20-5-2-3-8-22(20)21/h2-8,19H,9-18H2,1H3. The van der Waals surface area contributed by atoms with Crippen molar-refractivity contribution in [3.05, 3.63) is 58.6 Å². The molecule has 1 unspecified atom stereocenters. The topological polar surface area (TPSA) is 63.4 Å². The average molecular weight is 486 g/mol. The number of nitrogens with zero attached hydrogens (tertiary/aromatic N) is 5. The third-order valence-corrected chi connectivity index (χ3v) is 9.32. The molecule has 33 heavy (non-hydrogen) atoms. The van der Waals surface area contributed by atoms with Crippen LogP contribution in [-0.4, -0.2) is 70.2 Å². The van der Waals surface area contributed by atoms with Gasteiger partial charge in [0.1, 0.15) is 5.82 Å². The minimum atomic E-state index is -2.88. The highest BCUT2D eigenvalue weighted by molar-refractivity contribution is 7.91. The summed E-state index contributed by atoms with van der Waals surface area (Å²) >= 11 is 5.63. The lowest BCUT2D eigenvalue weighted by Gasteiger charge is -2.34. The van der Waals surface area contributed by atoms with Crippen molar-refractivity contribution in [2.45, 2.75) is 26.1 Å². The van der Waals surface area contributed by atoms with Crippen LogP contribution in [0.25, 0.3) is 10.8 Å². The summed E-state index contributed by atoms with van der Waals surface area (Å²) in [5.74, 6) is 1.60. The van der Waals surface area contributed by atoms with E-state index in [-0.39, 0.29) is 11.7 Å². The lowest BCUT2D eigenvalue weighted by Crippen LogP contribution is -2.46. The number of piperazine rings is 1. The van der Waals surface area contributed by atoms with Crippen LogP contribution in [0.2, 0.25) is 0 Å². The van der Waals surface area contributed by atoms with Gasteiger partial charge in [-0.05, 0) is 40.9 Å². The molecule has 0 spiro atoms. The Labute approximate surface area is 200 Å². The normalized spacial score (nSPS) is 21.7. The highest BCUT2D eigenvalue weighted by Crippen LogP contribution is 2.23. The van der Waals surface area contributed by atoms with Crippen LogP contribution in [0, 0.1) is 10.7 Å². The van der Waals surface area contributed by atoms with Crippen molar-refractivity contribution in [2.24, 2.45) is 13.0 Å². The molecule has 0 N–H and O–H groups in total. The number of rotatable bonds is 6. The van der Waals surface area contributed by atoms with Crippen molar-refractivity contribution in [3.63, 3.8) is 0 Å². The van der Waals surface area contributed by atoms with Gasteiger partial charge in [-0.1, -0.05) is 42.5 Å². The van der Waals surface area contributed by atoms with Gasteiger partial charge in [0, 0.05) is 46.2 Å². The van der Waals surface area contributed by atoms with Crippen LogP contribution < -0.4 is 0 Å². The SMILES string of the molecule is Cn1c(CC2CCS(=O)(=O)C2)nn(CN2CCN(Cc3cccc4ccccc34)CC2)c1=S. The number of hydrogen-bond acceptors (Lipinski definition) is 6. The summed E-state index contributed by atoms with van der Waals surface area (Å²) < 4.78 is 28.1. The smallest absolute Gasteiger partial charge is 0.198 e. The summed E-state index contributed by atoms with van der Waals surface area (Å²) in [4.78, 5) is 4.91. The van der Waals surface area contributed by atoms with E-state index in [2.05, 4.69) is 52.3 Å². The molecule has 1 aromatic heterocycles. The largest absolute Gasteiger partial charge is 0.307 e. The van der Waals surface area contributed by atoms with E-state index >= 15 is 0 Å². The Balaban J connectivity index is 1.19. The molecule has 2 aliphatic rings. The zero-order valence-corrected chi connectivity index (χ0v) is 20.7. The van der Waals surface area contributed by atoms with E-state index in [0.717, 1.165) is 45.0 Å². The summed E-state index contributed by atoms with van der Waals surface area (Å²) in [6.07, 6.45) is 1.39. The summed E-state index contributed by atoms with van der Waals surface area (Å²) in [6.45, 7) is 5.61. The molecule has 7 nitrogen and oxygen atoms in total. The minimum Gasteiger partial charge on any atom is -0.307 e. The van der Waals surface area contributed by atoms with Crippen LogP contribution in [-0.2, 0) is 36.5 Å². The quantitative estimate of drug-likeness (QED) is 0.501. The van der Waals surface area contributed by atoms with Gasteiger partial charge in [0.25, 0.3) is 0 Å². The molecule has 2 fully saturated rings. The minimum absolute atomic E-state index is 0.150. The predicted molar refractivity (Wildman–Crippen MR) is 133 cm³/mol. The van der Waals surface area contributed by atoms with Crippen molar-refractivity contribution in [1.29, 1.82) is 0 Å². The van der Waals surface area contributed by atoms with Crippen LogP contribution in [0.5, 0.6) is 0 Å². The molecule has 2 aliphatic heterocycles. The summed E-state index contributed by atoms with van der Waals surface area (Å²) in [5, 5.41) is 7.39. The molecule has 0 aliphatic carbocycles. The van der Waals surface area contributed by atoms with Crippen LogP contribution in [0.15, 0.2) is 42.5 Å². The lowest BCUT2D eigenvalue weighted by molar-refractivity contribution is 0.0982. The van der Waals surface area contributed by atoms with Gasteiger partial charge in [0.05, 0.1) is 18.2 Å².